The average molecular weight is 344 g/mol. The third-order valence-electron chi connectivity index (χ3n) is 4.94. The van der Waals surface area contributed by atoms with Gasteiger partial charge >= 0.3 is 0 Å². The van der Waals surface area contributed by atoms with Crippen molar-refractivity contribution in [2.24, 2.45) is 5.92 Å². The molecule has 2 atom stereocenters. The lowest BCUT2D eigenvalue weighted by Crippen LogP contribution is -2.31. The number of pyridine rings is 1. The zero-order valence-electron chi connectivity index (χ0n) is 15.4. The predicted molar refractivity (Wildman–Crippen MR) is 97.6 cm³/mol. The van der Waals surface area contributed by atoms with Crippen LogP contribution < -0.4 is 5.32 Å². The van der Waals surface area contributed by atoms with E-state index < -0.39 is 0 Å². The molecule has 2 aromatic rings. The minimum atomic E-state index is -0.119. The summed E-state index contributed by atoms with van der Waals surface area (Å²) in [4.78, 5) is 16.7. The van der Waals surface area contributed by atoms with Crippen molar-refractivity contribution in [3.63, 3.8) is 0 Å². The fourth-order valence-electron chi connectivity index (χ4n) is 3.45. The van der Waals surface area contributed by atoms with E-state index in [0.717, 1.165) is 17.5 Å². The molecule has 6 heteroatoms. The first kappa shape index (κ1) is 17.9. The minimum Gasteiger partial charge on any atom is -0.376 e. The molecule has 1 amide bonds. The van der Waals surface area contributed by atoms with Crippen LogP contribution >= 0.6 is 0 Å². The van der Waals surface area contributed by atoms with E-state index in [1.165, 1.54) is 19.3 Å². The molecule has 0 bridgehead atoms. The molecule has 1 aliphatic rings. The fraction of sp³-hybridized carbons (Fsp3) is 0.632. The van der Waals surface area contributed by atoms with Crippen LogP contribution in [0.4, 0.5) is 0 Å². The van der Waals surface area contributed by atoms with Crippen LogP contribution in [0.1, 0.15) is 62.9 Å². The molecule has 25 heavy (non-hydrogen) atoms. The van der Waals surface area contributed by atoms with Crippen LogP contribution in [0.25, 0.3) is 11.0 Å². The molecule has 136 valence electrons. The maximum Gasteiger partial charge on any atom is 0.252 e. The summed E-state index contributed by atoms with van der Waals surface area (Å²) in [6, 6.07) is 2.08. The van der Waals surface area contributed by atoms with Gasteiger partial charge in [-0.15, -0.1) is 0 Å². The molecule has 2 heterocycles. The van der Waals surface area contributed by atoms with Gasteiger partial charge in [0.2, 0.25) is 0 Å². The molecule has 1 N–H and O–H groups in total. The largest absolute Gasteiger partial charge is 0.376 e. The van der Waals surface area contributed by atoms with Gasteiger partial charge in [0.15, 0.2) is 5.65 Å². The normalized spacial score (nSPS) is 21.0. The fourth-order valence-corrected chi connectivity index (χ4v) is 3.45. The number of hydrogen-bond donors (Lipinski definition) is 1. The van der Waals surface area contributed by atoms with E-state index in [1.54, 1.807) is 12.4 Å². The number of carbonyl (C=O) groups excluding carboxylic acids is 1. The predicted octanol–water partition coefficient (Wildman–Crippen LogP) is 3.34. The van der Waals surface area contributed by atoms with Crippen LogP contribution in [0.2, 0.25) is 0 Å². The first-order valence-corrected chi connectivity index (χ1v) is 9.29. The Bertz CT molecular complexity index is 725. The lowest BCUT2D eigenvalue weighted by Gasteiger charge is -2.28. The Balaban J connectivity index is 1.52. The molecule has 0 aliphatic heterocycles. The van der Waals surface area contributed by atoms with E-state index in [-0.39, 0.29) is 11.9 Å². The molecule has 3 rings (SSSR count). The van der Waals surface area contributed by atoms with Gasteiger partial charge in [-0.3, -0.25) is 4.79 Å². The van der Waals surface area contributed by atoms with Crippen molar-refractivity contribution < 1.29 is 9.53 Å². The van der Waals surface area contributed by atoms with Crippen LogP contribution in [-0.4, -0.2) is 39.9 Å². The van der Waals surface area contributed by atoms with Gasteiger partial charge in [0.25, 0.3) is 5.91 Å². The number of aromatic nitrogens is 3. The van der Waals surface area contributed by atoms with E-state index in [0.29, 0.717) is 30.7 Å². The molecule has 1 aliphatic carbocycles. The van der Waals surface area contributed by atoms with Crippen molar-refractivity contribution in [2.75, 3.05) is 13.2 Å². The number of carbonyl (C=O) groups is 1. The Labute approximate surface area is 149 Å². The molecular formula is C19H28N4O2. The monoisotopic (exact) mass is 344 g/mol. The third kappa shape index (κ3) is 4.18. The van der Waals surface area contributed by atoms with Crippen LogP contribution in [0.5, 0.6) is 0 Å². The van der Waals surface area contributed by atoms with Crippen molar-refractivity contribution in [3.8, 4) is 0 Å². The maximum absolute atomic E-state index is 12.3. The zero-order chi connectivity index (χ0) is 17.8. The van der Waals surface area contributed by atoms with Crippen LogP contribution in [-0.2, 0) is 4.74 Å². The van der Waals surface area contributed by atoms with E-state index in [4.69, 9.17) is 4.74 Å². The molecule has 1 saturated carbocycles. The van der Waals surface area contributed by atoms with E-state index in [9.17, 15) is 4.79 Å². The Morgan fingerprint density at radius 2 is 2.16 bits per heavy atom. The number of nitrogens with zero attached hydrogens (tertiary/aromatic N) is 3. The van der Waals surface area contributed by atoms with Crippen molar-refractivity contribution >= 4 is 16.9 Å². The van der Waals surface area contributed by atoms with Gasteiger partial charge in [-0.05, 0) is 38.7 Å². The molecule has 0 unspecified atom stereocenters. The number of nitrogens with one attached hydrogen (secondary N) is 1. The molecule has 0 saturated heterocycles. The van der Waals surface area contributed by atoms with Gasteiger partial charge in [0.05, 0.1) is 24.5 Å². The summed E-state index contributed by atoms with van der Waals surface area (Å²) in [6.07, 6.45) is 8.64. The van der Waals surface area contributed by atoms with Gasteiger partial charge in [-0.2, -0.15) is 5.10 Å². The summed E-state index contributed by atoms with van der Waals surface area (Å²) >= 11 is 0. The molecular weight excluding hydrogens is 316 g/mol. The number of ether oxygens (including phenoxy) is 1. The lowest BCUT2D eigenvalue weighted by atomic mass is 9.88. The zero-order valence-corrected chi connectivity index (χ0v) is 15.4. The molecule has 0 aromatic carbocycles. The third-order valence-corrected chi connectivity index (χ3v) is 4.94. The van der Waals surface area contributed by atoms with E-state index in [1.807, 2.05) is 10.7 Å². The second kappa shape index (κ2) is 7.95. The highest BCUT2D eigenvalue weighted by molar-refractivity contribution is 5.96. The Morgan fingerprint density at radius 3 is 2.92 bits per heavy atom. The number of rotatable bonds is 6. The Kier molecular flexibility index (Phi) is 5.68. The second-order valence-corrected chi connectivity index (χ2v) is 7.25. The molecule has 0 radical (unpaired) electrons. The highest BCUT2D eigenvalue weighted by Crippen LogP contribution is 2.26. The van der Waals surface area contributed by atoms with Gasteiger partial charge in [0, 0.05) is 24.2 Å². The van der Waals surface area contributed by atoms with Crippen LogP contribution in [0.15, 0.2) is 18.5 Å². The quantitative estimate of drug-likeness (QED) is 0.816. The molecule has 1 fully saturated rings. The summed E-state index contributed by atoms with van der Waals surface area (Å²) in [7, 11) is 0. The van der Waals surface area contributed by atoms with Crippen LogP contribution in [0.3, 0.4) is 0 Å². The highest BCUT2D eigenvalue weighted by atomic mass is 16.5. The summed E-state index contributed by atoms with van der Waals surface area (Å²) in [5.41, 5.74) is 1.36. The van der Waals surface area contributed by atoms with E-state index in [2.05, 4.69) is 36.2 Å². The molecule has 2 aromatic heterocycles. The van der Waals surface area contributed by atoms with Crippen molar-refractivity contribution in [2.45, 2.75) is 58.6 Å². The summed E-state index contributed by atoms with van der Waals surface area (Å²) in [6.45, 7) is 7.44. The smallest absolute Gasteiger partial charge is 0.252 e. The van der Waals surface area contributed by atoms with Gasteiger partial charge in [0.1, 0.15) is 0 Å². The maximum atomic E-state index is 12.3. The van der Waals surface area contributed by atoms with E-state index >= 15 is 0 Å². The average Bonchev–Trinajstić information content (AvgIpc) is 3.03. The lowest BCUT2D eigenvalue weighted by molar-refractivity contribution is -0.00293. The first-order chi connectivity index (χ1) is 12.1. The Morgan fingerprint density at radius 1 is 1.36 bits per heavy atom. The van der Waals surface area contributed by atoms with Crippen molar-refractivity contribution in [3.05, 3.63) is 24.0 Å². The van der Waals surface area contributed by atoms with Gasteiger partial charge < -0.3 is 10.1 Å². The highest BCUT2D eigenvalue weighted by Gasteiger charge is 2.21. The standard InChI is InChI=1S/C19H28N4O2/c1-13(2)23-18-15(12-22-23)10-16(11-21-18)19(24)20-8-9-25-17-7-5-4-6-14(17)3/h10-14,17H,4-9H2,1-3H3,(H,20,24)/t14-,17-/m0/s1. The Hall–Kier alpha value is -1.95. The topological polar surface area (TPSA) is 69.0 Å². The van der Waals surface area contributed by atoms with Crippen LogP contribution in [0, 0.1) is 5.92 Å². The van der Waals surface area contributed by atoms with Crippen molar-refractivity contribution in [1.29, 1.82) is 0 Å². The SMILES string of the molecule is CC(C)n1ncc2cc(C(=O)NCCO[C@H]3CCCC[C@@H]3C)cnc21. The minimum absolute atomic E-state index is 0.119. The first-order valence-electron chi connectivity index (χ1n) is 9.29. The van der Waals surface area contributed by atoms with Gasteiger partial charge in [-0.1, -0.05) is 19.8 Å². The second-order valence-electron chi connectivity index (χ2n) is 7.25. The summed E-state index contributed by atoms with van der Waals surface area (Å²) in [5, 5.41) is 8.13. The number of hydrogen-bond acceptors (Lipinski definition) is 4. The summed E-state index contributed by atoms with van der Waals surface area (Å²) in [5.74, 6) is 0.501. The number of amides is 1. The van der Waals surface area contributed by atoms with Crippen molar-refractivity contribution in [1.82, 2.24) is 20.1 Å². The molecule has 0 spiro atoms. The summed E-state index contributed by atoms with van der Waals surface area (Å²) < 4.78 is 7.80. The van der Waals surface area contributed by atoms with Gasteiger partial charge in [-0.25, -0.2) is 9.67 Å². The number of fused-ring (bicyclic) bond motifs is 1. The molecule has 6 nitrogen and oxygen atoms in total.